The second-order valence-corrected chi connectivity index (χ2v) is 20.6. The maximum atomic E-state index is 12.2. The number of nitrogens with zero attached hydrogens (tertiary/aromatic N) is 2. The second-order valence-electron chi connectivity index (χ2n) is 17.4. The Bertz CT molecular complexity index is 2410. The van der Waals surface area contributed by atoms with E-state index in [1.165, 1.54) is 12.1 Å². The van der Waals surface area contributed by atoms with Gasteiger partial charge in [0.1, 0.15) is 6.54 Å². The largest absolute Gasteiger partial charge is 0.466 e. The van der Waals surface area contributed by atoms with Gasteiger partial charge in [-0.05, 0) is 118 Å². The third-order valence-electron chi connectivity index (χ3n) is 12.3. The first-order chi connectivity index (χ1) is 29.2. The van der Waals surface area contributed by atoms with Crippen LogP contribution in [0.4, 0.5) is 11.4 Å². The van der Waals surface area contributed by atoms with Crippen LogP contribution < -0.4 is 10.2 Å². The van der Waals surface area contributed by atoms with Crippen LogP contribution in [0.3, 0.4) is 0 Å². The smallest absolute Gasteiger partial charge is 0.305 e. The van der Waals surface area contributed by atoms with Crippen molar-refractivity contribution in [3.05, 3.63) is 93.7 Å². The molecule has 0 saturated heterocycles. The number of allylic oxidation sites excluding steroid dienone is 8. The van der Waals surface area contributed by atoms with Gasteiger partial charge in [0.15, 0.2) is 5.71 Å². The third-order valence-corrected chi connectivity index (χ3v) is 14.4. The van der Waals surface area contributed by atoms with Gasteiger partial charge in [-0.2, -0.15) is 21.4 Å². The van der Waals surface area contributed by atoms with Crippen molar-refractivity contribution in [1.29, 1.82) is 0 Å². The first kappa shape index (κ1) is 48.9. The Morgan fingerprint density at radius 1 is 0.839 bits per heavy atom. The van der Waals surface area contributed by atoms with Crippen LogP contribution in [0.25, 0.3) is 0 Å². The lowest BCUT2D eigenvalue weighted by molar-refractivity contribution is -0.438. The van der Waals surface area contributed by atoms with Gasteiger partial charge in [0.05, 0.1) is 21.8 Å². The summed E-state index contributed by atoms with van der Waals surface area (Å²) in [5.41, 5.74) is 5.89. The average molecular weight is 914 g/mol. The summed E-state index contributed by atoms with van der Waals surface area (Å²) < 4.78 is 76.0. The molecule has 2 aromatic rings. The van der Waals surface area contributed by atoms with E-state index in [2.05, 4.69) is 26.9 Å². The van der Waals surface area contributed by atoms with Crippen LogP contribution >= 0.6 is 11.6 Å². The standard InChI is InChI=1S/C47H62ClN3O9S2/c1-7-8-30-60-44(53)19-12-10-14-29-51-40-25-23-36(62(57,58)59)32-38(40)47(4,5)42(51)27-21-34-17-15-16-33(45(34)48)20-26-41-46(2,3)37-31-35(61(54,55)56)22-24-39(37)50(41)28-13-9-11-18-43(52)49-6/h20-27,31-32H,7-19,28-30H2,1-6H3,(H2-,49,52,54,55,56,57,58,59)/p+1. The van der Waals surface area contributed by atoms with Crippen LogP contribution in [0.2, 0.25) is 0 Å². The lowest BCUT2D eigenvalue weighted by Gasteiger charge is -2.27. The Labute approximate surface area is 373 Å². The van der Waals surface area contributed by atoms with E-state index >= 15 is 0 Å². The Kier molecular flexibility index (Phi) is 16.3. The van der Waals surface area contributed by atoms with E-state index in [0.717, 1.165) is 109 Å². The van der Waals surface area contributed by atoms with Gasteiger partial charge in [0, 0.05) is 72.4 Å². The molecular weight excluding hydrogens is 850 g/mol. The number of fused-ring (bicyclic) bond motifs is 2. The normalized spacial score (nSPS) is 18.6. The highest BCUT2D eigenvalue weighted by Crippen LogP contribution is 2.49. The molecule has 2 aromatic carbocycles. The van der Waals surface area contributed by atoms with Crippen LogP contribution in [0, 0.1) is 0 Å². The maximum absolute atomic E-state index is 12.2. The summed E-state index contributed by atoms with van der Waals surface area (Å²) in [5, 5.41) is 3.31. The van der Waals surface area contributed by atoms with Crippen LogP contribution in [-0.4, -0.2) is 74.8 Å². The molecule has 338 valence electrons. The van der Waals surface area contributed by atoms with Gasteiger partial charge in [0.25, 0.3) is 20.2 Å². The molecule has 3 aliphatic rings. The predicted molar refractivity (Wildman–Crippen MR) is 245 cm³/mol. The molecule has 1 amide bonds. The van der Waals surface area contributed by atoms with Gasteiger partial charge in [-0.1, -0.05) is 57.4 Å². The minimum atomic E-state index is -4.43. The number of hydrogen-bond acceptors (Lipinski definition) is 8. The molecule has 0 spiro atoms. The molecule has 2 aliphatic heterocycles. The van der Waals surface area contributed by atoms with Gasteiger partial charge in [0.2, 0.25) is 11.6 Å². The fourth-order valence-electron chi connectivity index (χ4n) is 8.65. The average Bonchev–Trinajstić information content (AvgIpc) is 3.56. The van der Waals surface area contributed by atoms with Crippen molar-refractivity contribution >= 4 is 60.8 Å². The molecule has 62 heavy (non-hydrogen) atoms. The molecule has 5 rings (SSSR count). The molecule has 0 atom stereocenters. The van der Waals surface area contributed by atoms with E-state index in [0.29, 0.717) is 44.0 Å². The molecule has 0 fully saturated rings. The Morgan fingerprint density at radius 2 is 1.50 bits per heavy atom. The second kappa shape index (κ2) is 20.6. The van der Waals surface area contributed by atoms with Crippen molar-refractivity contribution in [3.63, 3.8) is 0 Å². The van der Waals surface area contributed by atoms with Crippen LogP contribution in [0.15, 0.2) is 92.4 Å². The fraction of sp³-hybridized carbons (Fsp3) is 0.511. The Morgan fingerprint density at radius 3 is 2.18 bits per heavy atom. The highest BCUT2D eigenvalue weighted by atomic mass is 35.5. The summed E-state index contributed by atoms with van der Waals surface area (Å²) in [5.74, 6) is -0.183. The number of esters is 1. The topological polar surface area (TPSA) is 170 Å². The molecule has 0 bridgehead atoms. The quantitative estimate of drug-likeness (QED) is 0.0503. The summed E-state index contributed by atoms with van der Waals surface area (Å²) in [7, 11) is -7.22. The maximum Gasteiger partial charge on any atom is 0.305 e. The zero-order valence-electron chi connectivity index (χ0n) is 36.9. The van der Waals surface area contributed by atoms with Gasteiger partial charge in [-0.3, -0.25) is 18.7 Å². The monoisotopic (exact) mass is 912 g/mol. The fourth-order valence-corrected chi connectivity index (χ4v) is 9.98. The summed E-state index contributed by atoms with van der Waals surface area (Å²) in [6, 6.07) is 9.43. The number of ether oxygens (including phenoxy) is 1. The van der Waals surface area contributed by atoms with Crippen LogP contribution in [-0.2, 0) is 45.4 Å². The third kappa shape index (κ3) is 11.5. The zero-order valence-corrected chi connectivity index (χ0v) is 39.3. The molecule has 0 aromatic heterocycles. The Balaban J connectivity index is 1.44. The van der Waals surface area contributed by atoms with Crippen molar-refractivity contribution in [2.24, 2.45) is 0 Å². The van der Waals surface area contributed by atoms with E-state index in [1.54, 1.807) is 31.3 Å². The van der Waals surface area contributed by atoms with E-state index in [-0.39, 0.29) is 21.7 Å². The predicted octanol–water partition coefficient (Wildman–Crippen LogP) is 9.61. The van der Waals surface area contributed by atoms with E-state index in [1.807, 2.05) is 46.8 Å². The molecule has 2 heterocycles. The number of halogens is 1. The van der Waals surface area contributed by atoms with Gasteiger partial charge >= 0.3 is 5.97 Å². The van der Waals surface area contributed by atoms with Crippen molar-refractivity contribution in [3.8, 4) is 0 Å². The highest BCUT2D eigenvalue weighted by Gasteiger charge is 2.45. The lowest BCUT2D eigenvalue weighted by atomic mass is 9.81. The number of carbonyl (C=O) groups is 2. The summed E-state index contributed by atoms with van der Waals surface area (Å²) >= 11 is 7.23. The van der Waals surface area contributed by atoms with E-state index < -0.39 is 31.1 Å². The van der Waals surface area contributed by atoms with Crippen LogP contribution in [0.1, 0.15) is 129 Å². The van der Waals surface area contributed by atoms with Crippen molar-refractivity contribution in [2.75, 3.05) is 31.6 Å². The minimum Gasteiger partial charge on any atom is -0.466 e. The number of rotatable bonds is 20. The Hall–Kier alpha value is -4.08. The number of carbonyl (C=O) groups excluding carboxylic acids is 2. The molecule has 15 heteroatoms. The molecule has 1 aliphatic carbocycles. The SMILES string of the molecule is CCCCOC(=O)CCCCCN1/C(=C/C=C2\CCCC(/C=C/C3=[N+](CCCCCC(=O)NC)c4ccc(S(=O)(=O)O)cc4C3(C)C)=C2Cl)C(C)(C)c2cc(S(=O)(=O)O)ccc21. The molecule has 12 nitrogen and oxygen atoms in total. The number of anilines is 1. The zero-order chi connectivity index (χ0) is 45.5. The van der Waals surface area contributed by atoms with Crippen LogP contribution in [0.5, 0.6) is 0 Å². The number of amides is 1. The highest BCUT2D eigenvalue weighted by molar-refractivity contribution is 7.86. The van der Waals surface area contributed by atoms with E-state index in [4.69, 9.17) is 16.3 Å². The summed E-state index contributed by atoms with van der Waals surface area (Å²) in [6.45, 7) is 11.9. The number of unbranched alkanes of at least 4 members (excludes halogenated alkanes) is 5. The van der Waals surface area contributed by atoms with Gasteiger partial charge in [-0.25, -0.2) is 0 Å². The molecular formula is C47H63ClN3O9S2+. The lowest BCUT2D eigenvalue weighted by Crippen LogP contribution is -2.28. The number of benzene rings is 2. The van der Waals surface area contributed by atoms with Crippen molar-refractivity contribution in [1.82, 2.24) is 5.32 Å². The van der Waals surface area contributed by atoms with Gasteiger partial charge < -0.3 is 15.0 Å². The first-order valence-corrected chi connectivity index (χ1v) is 25.0. The minimum absolute atomic E-state index is 0.00135. The molecule has 0 unspecified atom stereocenters. The van der Waals surface area contributed by atoms with Crippen molar-refractivity contribution in [2.45, 2.75) is 139 Å². The van der Waals surface area contributed by atoms with Crippen molar-refractivity contribution < 1.29 is 44.8 Å². The molecule has 0 radical (unpaired) electrons. The molecule has 0 saturated carbocycles. The van der Waals surface area contributed by atoms with Gasteiger partial charge in [-0.15, -0.1) is 0 Å². The van der Waals surface area contributed by atoms with E-state index in [9.17, 15) is 35.5 Å². The number of hydrogen-bond donors (Lipinski definition) is 3. The first-order valence-electron chi connectivity index (χ1n) is 21.7. The molecule has 3 N–H and O–H groups in total. The summed E-state index contributed by atoms with van der Waals surface area (Å²) in [6.07, 6.45) is 17.9. The summed E-state index contributed by atoms with van der Waals surface area (Å²) in [4.78, 5) is 25.9. The number of nitrogens with one attached hydrogen (secondary N) is 1.